The Bertz CT molecular complexity index is 417. The Morgan fingerprint density at radius 1 is 1.28 bits per heavy atom. The maximum Gasteiger partial charge on any atom is 0.251 e. The van der Waals surface area contributed by atoms with Gasteiger partial charge in [-0.3, -0.25) is 4.79 Å². The Hall–Kier alpha value is -1.55. The molecule has 0 spiro atoms. The summed E-state index contributed by atoms with van der Waals surface area (Å²) in [6.07, 6.45) is 3.01. The van der Waals surface area contributed by atoms with Gasteiger partial charge in [-0.15, -0.1) is 0 Å². The van der Waals surface area contributed by atoms with E-state index in [9.17, 15) is 9.90 Å². The molecule has 0 bridgehead atoms. The number of carbonyl (C=O) groups is 1. The SMILES string of the molecule is Cc1cc(N)cc(C(=O)NC2CCC(O)CC2)c1. The zero-order chi connectivity index (χ0) is 13.1. The van der Waals surface area contributed by atoms with E-state index in [4.69, 9.17) is 5.73 Å². The molecular weight excluding hydrogens is 228 g/mol. The fourth-order valence-corrected chi connectivity index (χ4v) is 2.43. The van der Waals surface area contributed by atoms with E-state index < -0.39 is 0 Å². The van der Waals surface area contributed by atoms with Crippen LogP contribution in [0, 0.1) is 6.92 Å². The van der Waals surface area contributed by atoms with Crippen LogP contribution in [0.1, 0.15) is 41.6 Å². The molecule has 1 aliphatic carbocycles. The Balaban J connectivity index is 1.99. The minimum absolute atomic E-state index is 0.0770. The summed E-state index contributed by atoms with van der Waals surface area (Å²) in [6.45, 7) is 1.92. The average Bonchev–Trinajstić information content (AvgIpc) is 2.31. The fraction of sp³-hybridized carbons (Fsp3) is 0.500. The first-order valence-corrected chi connectivity index (χ1v) is 6.40. The molecular formula is C14H20N2O2. The summed E-state index contributed by atoms with van der Waals surface area (Å²) in [5, 5.41) is 12.4. The standard InChI is InChI=1S/C14H20N2O2/c1-9-6-10(8-11(15)7-9)14(18)16-12-2-4-13(17)5-3-12/h6-8,12-13,17H,2-5,15H2,1H3,(H,16,18). The van der Waals surface area contributed by atoms with Crippen molar-refractivity contribution in [2.24, 2.45) is 0 Å². The molecule has 0 heterocycles. The summed E-state index contributed by atoms with van der Waals surface area (Å²) in [6, 6.07) is 5.54. The van der Waals surface area contributed by atoms with Crippen molar-refractivity contribution in [2.75, 3.05) is 5.73 Å². The number of aliphatic hydroxyl groups excluding tert-OH is 1. The monoisotopic (exact) mass is 248 g/mol. The molecule has 0 atom stereocenters. The molecule has 0 unspecified atom stereocenters. The molecule has 0 radical (unpaired) electrons. The van der Waals surface area contributed by atoms with Crippen molar-refractivity contribution in [3.05, 3.63) is 29.3 Å². The summed E-state index contributed by atoms with van der Waals surface area (Å²) in [5.41, 5.74) is 7.94. The first kappa shape index (κ1) is 12.9. The highest BCUT2D eigenvalue weighted by Crippen LogP contribution is 2.19. The summed E-state index contributed by atoms with van der Waals surface area (Å²) in [4.78, 5) is 12.1. The van der Waals surface area contributed by atoms with Crippen LogP contribution in [0.5, 0.6) is 0 Å². The van der Waals surface area contributed by atoms with Crippen LogP contribution >= 0.6 is 0 Å². The normalized spacial score (nSPS) is 23.7. The second-order valence-electron chi connectivity index (χ2n) is 5.11. The van der Waals surface area contributed by atoms with Crippen molar-refractivity contribution in [1.29, 1.82) is 0 Å². The van der Waals surface area contributed by atoms with Crippen LogP contribution in [0.3, 0.4) is 0 Å². The number of aliphatic hydroxyl groups is 1. The number of anilines is 1. The number of nitrogen functional groups attached to an aromatic ring is 1. The molecule has 0 aliphatic heterocycles. The lowest BCUT2D eigenvalue weighted by molar-refractivity contribution is 0.0867. The van der Waals surface area contributed by atoms with Crippen LogP contribution < -0.4 is 11.1 Å². The number of hydrogen-bond acceptors (Lipinski definition) is 3. The Morgan fingerprint density at radius 2 is 1.94 bits per heavy atom. The number of benzene rings is 1. The van der Waals surface area contributed by atoms with Gasteiger partial charge >= 0.3 is 0 Å². The fourth-order valence-electron chi connectivity index (χ4n) is 2.43. The van der Waals surface area contributed by atoms with Gasteiger partial charge in [-0.2, -0.15) is 0 Å². The Kier molecular flexibility index (Phi) is 3.87. The van der Waals surface area contributed by atoms with Gasteiger partial charge in [0.15, 0.2) is 0 Å². The molecule has 1 aliphatic rings. The zero-order valence-corrected chi connectivity index (χ0v) is 10.6. The van der Waals surface area contributed by atoms with Crippen LogP contribution in [0.15, 0.2) is 18.2 Å². The topological polar surface area (TPSA) is 75.4 Å². The first-order valence-electron chi connectivity index (χ1n) is 6.40. The van der Waals surface area contributed by atoms with E-state index in [1.54, 1.807) is 6.07 Å². The van der Waals surface area contributed by atoms with Gasteiger partial charge in [-0.1, -0.05) is 0 Å². The first-order chi connectivity index (χ1) is 8.54. The molecule has 1 amide bonds. The van der Waals surface area contributed by atoms with E-state index in [1.807, 2.05) is 19.1 Å². The van der Waals surface area contributed by atoms with Crippen molar-refractivity contribution in [2.45, 2.75) is 44.8 Å². The molecule has 1 saturated carbocycles. The molecule has 4 N–H and O–H groups in total. The second-order valence-corrected chi connectivity index (χ2v) is 5.11. The molecule has 18 heavy (non-hydrogen) atoms. The molecule has 98 valence electrons. The predicted octanol–water partition coefficient (Wildman–Crippen LogP) is 1.61. The summed E-state index contributed by atoms with van der Waals surface area (Å²) in [5.74, 6) is -0.0770. The summed E-state index contributed by atoms with van der Waals surface area (Å²) >= 11 is 0. The van der Waals surface area contributed by atoms with Crippen LogP contribution in [-0.4, -0.2) is 23.2 Å². The van der Waals surface area contributed by atoms with Crippen LogP contribution in [0.25, 0.3) is 0 Å². The van der Waals surface area contributed by atoms with Gasteiger partial charge in [-0.25, -0.2) is 0 Å². The number of rotatable bonds is 2. The highest BCUT2D eigenvalue weighted by Gasteiger charge is 2.21. The van der Waals surface area contributed by atoms with E-state index in [2.05, 4.69) is 5.32 Å². The third-order valence-corrected chi connectivity index (χ3v) is 3.39. The van der Waals surface area contributed by atoms with Crippen LogP contribution in [-0.2, 0) is 0 Å². The zero-order valence-electron chi connectivity index (χ0n) is 10.6. The maximum atomic E-state index is 12.1. The van der Waals surface area contributed by atoms with Crippen molar-refractivity contribution in [3.63, 3.8) is 0 Å². The average molecular weight is 248 g/mol. The highest BCUT2D eigenvalue weighted by molar-refractivity contribution is 5.95. The van der Waals surface area contributed by atoms with Crippen molar-refractivity contribution in [1.82, 2.24) is 5.32 Å². The van der Waals surface area contributed by atoms with Gasteiger partial charge in [-0.05, 0) is 56.4 Å². The van der Waals surface area contributed by atoms with E-state index >= 15 is 0 Å². The number of nitrogens with one attached hydrogen (secondary N) is 1. The summed E-state index contributed by atoms with van der Waals surface area (Å²) in [7, 11) is 0. The van der Waals surface area contributed by atoms with Crippen LogP contribution in [0.2, 0.25) is 0 Å². The number of amides is 1. The Morgan fingerprint density at radius 3 is 2.56 bits per heavy atom. The van der Waals surface area contributed by atoms with Gasteiger partial charge in [0.1, 0.15) is 0 Å². The minimum Gasteiger partial charge on any atom is -0.399 e. The van der Waals surface area contributed by atoms with Gasteiger partial charge in [0.05, 0.1) is 6.10 Å². The van der Waals surface area contributed by atoms with E-state index in [0.717, 1.165) is 31.2 Å². The molecule has 1 aromatic rings. The van der Waals surface area contributed by atoms with Gasteiger partial charge in [0, 0.05) is 17.3 Å². The molecule has 0 saturated heterocycles. The van der Waals surface area contributed by atoms with E-state index in [0.29, 0.717) is 11.3 Å². The summed E-state index contributed by atoms with van der Waals surface area (Å²) < 4.78 is 0. The molecule has 4 nitrogen and oxygen atoms in total. The van der Waals surface area contributed by atoms with E-state index in [-0.39, 0.29) is 18.1 Å². The van der Waals surface area contributed by atoms with Gasteiger partial charge < -0.3 is 16.2 Å². The minimum atomic E-state index is -0.201. The second kappa shape index (κ2) is 5.40. The van der Waals surface area contributed by atoms with Gasteiger partial charge in [0.2, 0.25) is 0 Å². The highest BCUT2D eigenvalue weighted by atomic mass is 16.3. The molecule has 1 aromatic carbocycles. The Labute approximate surface area is 107 Å². The van der Waals surface area contributed by atoms with E-state index in [1.165, 1.54) is 0 Å². The van der Waals surface area contributed by atoms with Gasteiger partial charge in [0.25, 0.3) is 5.91 Å². The smallest absolute Gasteiger partial charge is 0.251 e. The molecule has 0 aromatic heterocycles. The number of hydrogen-bond donors (Lipinski definition) is 3. The lowest BCUT2D eigenvalue weighted by atomic mass is 9.93. The van der Waals surface area contributed by atoms with Crippen molar-refractivity contribution in [3.8, 4) is 0 Å². The lowest BCUT2D eigenvalue weighted by Gasteiger charge is -2.26. The number of carbonyl (C=O) groups excluding carboxylic acids is 1. The number of nitrogens with two attached hydrogens (primary N) is 1. The maximum absolute atomic E-state index is 12.1. The number of aryl methyl sites for hydroxylation is 1. The molecule has 2 rings (SSSR count). The van der Waals surface area contributed by atoms with Crippen molar-refractivity contribution >= 4 is 11.6 Å². The van der Waals surface area contributed by atoms with Crippen LogP contribution in [0.4, 0.5) is 5.69 Å². The molecule has 1 fully saturated rings. The quantitative estimate of drug-likeness (QED) is 0.696. The largest absolute Gasteiger partial charge is 0.399 e. The van der Waals surface area contributed by atoms with Crippen molar-refractivity contribution < 1.29 is 9.90 Å². The third-order valence-electron chi connectivity index (χ3n) is 3.39. The predicted molar refractivity (Wildman–Crippen MR) is 71.3 cm³/mol. The lowest BCUT2D eigenvalue weighted by Crippen LogP contribution is -2.38. The third kappa shape index (κ3) is 3.23. The molecule has 4 heteroatoms.